The predicted octanol–water partition coefficient (Wildman–Crippen LogP) is 1.68. The second-order valence-electron chi connectivity index (χ2n) is 2.26. The van der Waals surface area contributed by atoms with Gasteiger partial charge >= 0.3 is 0 Å². The van der Waals surface area contributed by atoms with E-state index in [1.54, 1.807) is 19.7 Å². The highest BCUT2D eigenvalue weighted by atomic mass is 16.5. The Morgan fingerprint density at radius 3 is 3.17 bits per heavy atom. The fraction of sp³-hybridized carbons (Fsp3) is 0.125. The van der Waals surface area contributed by atoms with Crippen molar-refractivity contribution < 1.29 is 9.15 Å². The molecule has 12 heavy (non-hydrogen) atoms. The molecular weight excluding hydrogens is 156 g/mol. The Bertz CT molecular complexity index is 351. The highest BCUT2D eigenvalue weighted by molar-refractivity contribution is 5.58. The van der Waals surface area contributed by atoms with Crippen molar-refractivity contribution in [2.24, 2.45) is 0 Å². The van der Waals surface area contributed by atoms with Gasteiger partial charge in [0.25, 0.3) is 0 Å². The number of hydrogen-bond acceptors (Lipinski definition) is 3. The normalized spacial score (nSPS) is 10.1. The second kappa shape index (κ2) is 2.73. The van der Waals surface area contributed by atoms with Gasteiger partial charge in [-0.1, -0.05) is 0 Å². The Kier molecular flexibility index (Phi) is 1.59. The van der Waals surface area contributed by atoms with Crippen LogP contribution in [0.2, 0.25) is 0 Å². The summed E-state index contributed by atoms with van der Waals surface area (Å²) in [5, 5.41) is 0. The molecule has 62 valence electrons. The Morgan fingerprint density at radius 1 is 1.58 bits per heavy atom. The topological polar surface area (TPSA) is 51.0 Å². The van der Waals surface area contributed by atoms with Gasteiger partial charge in [-0.25, -0.2) is 4.98 Å². The Balaban J connectivity index is 2.46. The molecule has 0 aromatic carbocycles. The van der Waals surface area contributed by atoms with E-state index in [-0.39, 0.29) is 0 Å². The molecule has 0 unspecified atom stereocenters. The third-order valence-electron chi connectivity index (χ3n) is 1.57. The number of nitrogens with one attached hydrogen (secondary N) is 1. The van der Waals surface area contributed by atoms with Crippen molar-refractivity contribution >= 4 is 0 Å². The molecule has 0 aliphatic carbocycles. The summed E-state index contributed by atoms with van der Waals surface area (Å²) >= 11 is 0. The quantitative estimate of drug-likeness (QED) is 0.734. The number of rotatable bonds is 2. The van der Waals surface area contributed by atoms with E-state index in [4.69, 9.17) is 9.15 Å². The van der Waals surface area contributed by atoms with Crippen molar-refractivity contribution in [3.63, 3.8) is 0 Å². The summed E-state index contributed by atoms with van der Waals surface area (Å²) in [6.45, 7) is 0. The van der Waals surface area contributed by atoms with Crippen molar-refractivity contribution in [1.82, 2.24) is 9.97 Å². The molecule has 2 aromatic heterocycles. The monoisotopic (exact) mass is 164 g/mol. The minimum atomic E-state index is 0.546. The van der Waals surface area contributed by atoms with E-state index < -0.39 is 0 Å². The molecule has 0 aliphatic rings. The largest absolute Gasteiger partial charge is 0.479 e. The lowest BCUT2D eigenvalue weighted by Gasteiger charge is -1.95. The Hall–Kier alpha value is -1.71. The van der Waals surface area contributed by atoms with Gasteiger partial charge in [0.2, 0.25) is 5.88 Å². The van der Waals surface area contributed by atoms with Crippen LogP contribution >= 0.6 is 0 Å². The first kappa shape index (κ1) is 6.97. The van der Waals surface area contributed by atoms with Crippen molar-refractivity contribution in [3.8, 4) is 17.3 Å². The van der Waals surface area contributed by atoms with Crippen LogP contribution in [-0.4, -0.2) is 17.1 Å². The SMILES string of the molecule is COc1nc[nH]c1-c1ccco1. The first-order valence-corrected chi connectivity index (χ1v) is 3.53. The minimum Gasteiger partial charge on any atom is -0.479 e. The number of nitrogens with zero attached hydrogens (tertiary/aromatic N) is 1. The predicted molar refractivity (Wildman–Crippen MR) is 42.8 cm³/mol. The van der Waals surface area contributed by atoms with E-state index in [1.807, 2.05) is 12.1 Å². The number of methoxy groups -OCH3 is 1. The zero-order chi connectivity index (χ0) is 8.39. The number of aromatic amines is 1. The van der Waals surface area contributed by atoms with E-state index in [1.165, 1.54) is 0 Å². The molecule has 0 bridgehead atoms. The zero-order valence-corrected chi connectivity index (χ0v) is 6.57. The van der Waals surface area contributed by atoms with Crippen LogP contribution in [0.3, 0.4) is 0 Å². The molecule has 2 aromatic rings. The molecule has 4 heteroatoms. The molecule has 0 amide bonds. The standard InChI is InChI=1S/C8H8N2O2/c1-11-8-7(9-5-10-8)6-3-2-4-12-6/h2-5H,1H3,(H,9,10). The van der Waals surface area contributed by atoms with E-state index in [0.717, 1.165) is 11.5 Å². The smallest absolute Gasteiger partial charge is 0.242 e. The van der Waals surface area contributed by atoms with Crippen LogP contribution in [0.1, 0.15) is 0 Å². The lowest BCUT2D eigenvalue weighted by Crippen LogP contribution is -1.84. The van der Waals surface area contributed by atoms with E-state index in [9.17, 15) is 0 Å². The van der Waals surface area contributed by atoms with Gasteiger partial charge in [-0.2, -0.15) is 0 Å². The number of ether oxygens (including phenoxy) is 1. The van der Waals surface area contributed by atoms with Crippen LogP contribution in [-0.2, 0) is 0 Å². The number of aromatic nitrogens is 2. The maximum Gasteiger partial charge on any atom is 0.242 e. The van der Waals surface area contributed by atoms with Crippen molar-refractivity contribution in [3.05, 3.63) is 24.7 Å². The highest BCUT2D eigenvalue weighted by Gasteiger charge is 2.09. The van der Waals surface area contributed by atoms with Crippen LogP contribution in [0.25, 0.3) is 11.5 Å². The first-order valence-electron chi connectivity index (χ1n) is 3.53. The highest BCUT2D eigenvalue weighted by Crippen LogP contribution is 2.25. The Labute approximate surface area is 69.2 Å². The number of imidazole rings is 1. The van der Waals surface area contributed by atoms with Crippen LogP contribution in [0, 0.1) is 0 Å². The van der Waals surface area contributed by atoms with Crippen molar-refractivity contribution in [2.75, 3.05) is 7.11 Å². The fourth-order valence-electron chi connectivity index (χ4n) is 1.03. The lowest BCUT2D eigenvalue weighted by molar-refractivity contribution is 0.400. The average Bonchev–Trinajstić information content (AvgIpc) is 2.74. The third kappa shape index (κ3) is 0.972. The first-order chi connectivity index (χ1) is 5.92. The fourth-order valence-corrected chi connectivity index (χ4v) is 1.03. The summed E-state index contributed by atoms with van der Waals surface area (Å²) in [4.78, 5) is 6.88. The summed E-state index contributed by atoms with van der Waals surface area (Å²) in [7, 11) is 1.57. The molecule has 0 saturated heterocycles. The van der Waals surface area contributed by atoms with Gasteiger partial charge in [-0.3, -0.25) is 0 Å². The number of furan rings is 1. The molecule has 1 N–H and O–H groups in total. The van der Waals surface area contributed by atoms with Gasteiger partial charge in [0.05, 0.1) is 19.7 Å². The van der Waals surface area contributed by atoms with Gasteiger partial charge < -0.3 is 14.1 Å². The molecule has 0 aliphatic heterocycles. The van der Waals surface area contributed by atoms with E-state index in [0.29, 0.717) is 5.88 Å². The number of hydrogen-bond donors (Lipinski definition) is 1. The second-order valence-corrected chi connectivity index (χ2v) is 2.26. The maximum atomic E-state index is 5.17. The summed E-state index contributed by atoms with van der Waals surface area (Å²) < 4.78 is 10.2. The van der Waals surface area contributed by atoms with Crippen molar-refractivity contribution in [2.45, 2.75) is 0 Å². The molecular formula is C8H8N2O2. The molecule has 2 rings (SSSR count). The summed E-state index contributed by atoms with van der Waals surface area (Å²) in [6.07, 6.45) is 3.17. The number of H-pyrrole nitrogens is 1. The van der Waals surface area contributed by atoms with Crippen LogP contribution in [0.15, 0.2) is 29.1 Å². The molecule has 0 radical (unpaired) electrons. The summed E-state index contributed by atoms with van der Waals surface area (Å²) in [5.74, 6) is 1.27. The van der Waals surface area contributed by atoms with Gasteiger partial charge in [0.1, 0.15) is 5.69 Å². The maximum absolute atomic E-state index is 5.17. The molecule has 4 nitrogen and oxygen atoms in total. The third-order valence-corrected chi connectivity index (χ3v) is 1.57. The van der Waals surface area contributed by atoms with E-state index in [2.05, 4.69) is 9.97 Å². The minimum absolute atomic E-state index is 0.546. The van der Waals surface area contributed by atoms with Crippen LogP contribution in [0.5, 0.6) is 5.88 Å². The Morgan fingerprint density at radius 2 is 2.50 bits per heavy atom. The van der Waals surface area contributed by atoms with Gasteiger partial charge in [-0.05, 0) is 12.1 Å². The lowest BCUT2D eigenvalue weighted by atomic mass is 10.3. The zero-order valence-electron chi connectivity index (χ0n) is 6.57. The molecule has 2 heterocycles. The van der Waals surface area contributed by atoms with Crippen molar-refractivity contribution in [1.29, 1.82) is 0 Å². The average molecular weight is 164 g/mol. The molecule has 0 atom stereocenters. The van der Waals surface area contributed by atoms with Gasteiger partial charge in [-0.15, -0.1) is 0 Å². The van der Waals surface area contributed by atoms with E-state index >= 15 is 0 Å². The van der Waals surface area contributed by atoms with Gasteiger partial charge in [0.15, 0.2) is 5.76 Å². The molecule has 0 saturated carbocycles. The van der Waals surface area contributed by atoms with Gasteiger partial charge in [0, 0.05) is 0 Å². The molecule has 0 spiro atoms. The summed E-state index contributed by atoms with van der Waals surface area (Å²) in [6, 6.07) is 3.66. The van der Waals surface area contributed by atoms with Crippen LogP contribution in [0.4, 0.5) is 0 Å². The molecule has 0 fully saturated rings. The van der Waals surface area contributed by atoms with Crippen LogP contribution < -0.4 is 4.74 Å². The summed E-state index contributed by atoms with van der Waals surface area (Å²) in [5.41, 5.74) is 0.766.